The Morgan fingerprint density at radius 2 is 2.16 bits per heavy atom. The van der Waals surface area contributed by atoms with E-state index < -0.39 is 26.1 Å². The zero-order chi connectivity index (χ0) is 27.7. The summed E-state index contributed by atoms with van der Waals surface area (Å²) in [6.07, 6.45) is 5.77. The van der Waals surface area contributed by atoms with Crippen molar-refractivity contribution in [3.63, 3.8) is 0 Å². The molecule has 2 aliphatic rings. The predicted octanol–water partition coefficient (Wildman–Crippen LogP) is 3.55. The molecule has 4 rings (SSSR count). The van der Waals surface area contributed by atoms with E-state index >= 15 is 4.39 Å². The number of nitrogens with one attached hydrogen (secondary N) is 3. The van der Waals surface area contributed by atoms with E-state index in [-0.39, 0.29) is 29.7 Å². The molecular formula is C26H30FN7O3S. The molecule has 1 saturated heterocycles. The first-order valence-corrected chi connectivity index (χ1v) is 13.7. The molecule has 0 radical (unpaired) electrons. The van der Waals surface area contributed by atoms with Gasteiger partial charge < -0.3 is 15.4 Å². The average Bonchev–Trinajstić information content (AvgIpc) is 3.71. The maximum absolute atomic E-state index is 15.1. The summed E-state index contributed by atoms with van der Waals surface area (Å²) in [5.41, 5.74) is -0.0933. The lowest BCUT2D eigenvalue weighted by molar-refractivity contribution is 0.355. The van der Waals surface area contributed by atoms with Crippen LogP contribution in [0.2, 0.25) is 0 Å². The van der Waals surface area contributed by atoms with Gasteiger partial charge in [0.1, 0.15) is 16.1 Å². The van der Waals surface area contributed by atoms with E-state index in [9.17, 15) is 8.42 Å². The summed E-state index contributed by atoms with van der Waals surface area (Å²) in [6.45, 7) is 10.4. The SMILES string of the molecule is C=C(/C(F)=N\C=C(/C)Nc1nccc2nc(OCC#CC)cnc12)[C@]1(C)CS(=O)(=O)[C@@](C)(C2CC2)C(=N)N1. The molecule has 0 aromatic carbocycles. The van der Waals surface area contributed by atoms with Crippen molar-refractivity contribution >= 4 is 38.5 Å². The third-order valence-corrected chi connectivity index (χ3v) is 9.67. The van der Waals surface area contributed by atoms with Crippen molar-refractivity contribution in [2.75, 3.05) is 17.7 Å². The first kappa shape index (κ1) is 27.2. The summed E-state index contributed by atoms with van der Waals surface area (Å²) in [5.74, 6) is 4.68. The second-order valence-corrected chi connectivity index (χ2v) is 12.1. The number of pyridine rings is 1. The van der Waals surface area contributed by atoms with Crippen molar-refractivity contribution in [2.45, 2.75) is 50.8 Å². The van der Waals surface area contributed by atoms with Crippen LogP contribution in [0.1, 0.15) is 40.5 Å². The molecule has 12 heteroatoms. The van der Waals surface area contributed by atoms with Crippen molar-refractivity contribution in [1.29, 1.82) is 5.41 Å². The van der Waals surface area contributed by atoms with Crippen molar-refractivity contribution < 1.29 is 17.5 Å². The Kier molecular flexibility index (Phi) is 7.25. The lowest BCUT2D eigenvalue weighted by Crippen LogP contribution is -2.68. The third-order valence-electron chi connectivity index (χ3n) is 6.89. The first-order valence-electron chi connectivity index (χ1n) is 12.0. The van der Waals surface area contributed by atoms with Crippen LogP contribution in [0, 0.1) is 23.2 Å². The highest BCUT2D eigenvalue weighted by Gasteiger charge is 2.60. The zero-order valence-electron chi connectivity index (χ0n) is 21.7. The van der Waals surface area contributed by atoms with Crippen LogP contribution in [0.15, 0.2) is 47.5 Å². The largest absolute Gasteiger partial charge is 0.463 e. The molecule has 0 spiro atoms. The molecule has 2 aromatic heterocycles. The number of rotatable bonds is 8. The smallest absolute Gasteiger partial charge is 0.233 e. The molecule has 0 bridgehead atoms. The van der Waals surface area contributed by atoms with Crippen LogP contribution < -0.4 is 15.4 Å². The number of amidine groups is 1. The van der Waals surface area contributed by atoms with Crippen LogP contribution in [0.5, 0.6) is 5.88 Å². The quantitative estimate of drug-likeness (QED) is 0.342. The lowest BCUT2D eigenvalue weighted by Gasteiger charge is -2.45. The van der Waals surface area contributed by atoms with Gasteiger partial charge in [-0.2, -0.15) is 4.39 Å². The second kappa shape index (κ2) is 10.1. The maximum Gasteiger partial charge on any atom is 0.233 e. The monoisotopic (exact) mass is 539 g/mol. The Morgan fingerprint density at radius 1 is 1.42 bits per heavy atom. The van der Waals surface area contributed by atoms with Crippen molar-refractivity contribution in [3.05, 3.63) is 42.5 Å². The van der Waals surface area contributed by atoms with Gasteiger partial charge in [-0.1, -0.05) is 12.5 Å². The molecule has 2 aromatic rings. The fourth-order valence-electron chi connectivity index (χ4n) is 4.33. The standard InChI is InChI=1S/C26H30FN7O3S/c1-6-7-12-37-20-14-30-21-19(33-20)10-11-29-23(21)32-16(2)13-31-22(27)17(3)25(4)15-38(35,36)26(5,18-8-9-18)24(28)34-25/h10-11,13-14,18H,3,8-9,12,15H2,1-2,4-5H3,(H2,28,34)(H,29,32)/b16-13+,31-22+/t25-,26-/m0/s1. The van der Waals surface area contributed by atoms with Gasteiger partial charge in [0.25, 0.3) is 0 Å². The summed E-state index contributed by atoms with van der Waals surface area (Å²) < 4.78 is 45.6. The molecule has 38 heavy (non-hydrogen) atoms. The van der Waals surface area contributed by atoms with E-state index in [2.05, 4.69) is 49.0 Å². The van der Waals surface area contributed by atoms with Crippen LogP contribution in [-0.2, 0) is 9.84 Å². The number of aliphatic imine (C=N–C) groups is 1. The van der Waals surface area contributed by atoms with E-state index in [4.69, 9.17) is 10.1 Å². The van der Waals surface area contributed by atoms with Crippen LogP contribution >= 0.6 is 0 Å². The van der Waals surface area contributed by atoms with Gasteiger partial charge in [-0.05, 0) is 52.5 Å². The lowest BCUT2D eigenvalue weighted by atomic mass is 9.92. The second-order valence-electron chi connectivity index (χ2n) is 9.76. The van der Waals surface area contributed by atoms with Gasteiger partial charge >= 0.3 is 0 Å². The Hall–Kier alpha value is -3.85. The molecule has 2 fully saturated rings. The van der Waals surface area contributed by atoms with Crippen LogP contribution in [0.3, 0.4) is 0 Å². The van der Waals surface area contributed by atoms with Gasteiger partial charge in [0.15, 0.2) is 22.3 Å². The number of ether oxygens (including phenoxy) is 1. The fourth-order valence-corrected chi connectivity index (χ4v) is 6.74. The summed E-state index contributed by atoms with van der Waals surface area (Å²) in [5, 5.41) is 14.4. The van der Waals surface area contributed by atoms with Crippen molar-refractivity contribution in [3.8, 4) is 17.7 Å². The number of hydrogen-bond donors (Lipinski definition) is 3. The van der Waals surface area contributed by atoms with Crippen LogP contribution in [0.25, 0.3) is 11.0 Å². The molecule has 10 nitrogen and oxygen atoms in total. The maximum atomic E-state index is 15.1. The molecule has 3 N–H and O–H groups in total. The third kappa shape index (κ3) is 5.11. The van der Waals surface area contributed by atoms with Crippen LogP contribution in [-0.4, -0.2) is 57.8 Å². The van der Waals surface area contributed by atoms with Gasteiger partial charge in [-0.3, -0.25) is 5.41 Å². The molecular weight excluding hydrogens is 509 g/mol. The fraction of sp³-hybridized carbons (Fsp3) is 0.423. The predicted molar refractivity (Wildman–Crippen MR) is 146 cm³/mol. The van der Waals surface area contributed by atoms with E-state index in [1.165, 1.54) is 19.3 Å². The number of anilines is 1. The molecule has 1 aliphatic heterocycles. The summed E-state index contributed by atoms with van der Waals surface area (Å²) in [7, 11) is -3.73. The minimum atomic E-state index is -3.73. The molecule has 2 atom stereocenters. The van der Waals surface area contributed by atoms with Crippen molar-refractivity contribution in [2.24, 2.45) is 10.9 Å². The van der Waals surface area contributed by atoms with E-state index in [0.29, 0.717) is 28.4 Å². The highest BCUT2D eigenvalue weighted by atomic mass is 32.2. The van der Waals surface area contributed by atoms with Crippen molar-refractivity contribution in [1.82, 2.24) is 20.3 Å². The number of fused-ring (bicyclic) bond motifs is 1. The Balaban J connectivity index is 1.49. The van der Waals surface area contributed by atoms with Gasteiger partial charge in [-0.25, -0.2) is 28.4 Å². The van der Waals surface area contributed by atoms with Gasteiger partial charge in [0.05, 0.1) is 23.0 Å². The normalized spacial score (nSPS) is 25.2. The Bertz CT molecular complexity index is 1540. The topological polar surface area (TPSA) is 142 Å². The molecule has 3 heterocycles. The number of aromatic nitrogens is 3. The van der Waals surface area contributed by atoms with E-state index in [0.717, 1.165) is 12.8 Å². The number of hydrogen-bond acceptors (Lipinski definition) is 9. The summed E-state index contributed by atoms with van der Waals surface area (Å²) in [6, 6.07) is 1.68. The Labute approximate surface area is 221 Å². The molecule has 0 amide bonds. The van der Waals surface area contributed by atoms with E-state index in [1.807, 2.05) is 0 Å². The number of sulfone groups is 1. The van der Waals surface area contributed by atoms with Gasteiger partial charge in [0, 0.05) is 23.7 Å². The number of halogens is 1. The van der Waals surface area contributed by atoms with Gasteiger partial charge in [0.2, 0.25) is 11.8 Å². The molecule has 1 aliphatic carbocycles. The molecule has 1 saturated carbocycles. The first-order chi connectivity index (χ1) is 17.9. The summed E-state index contributed by atoms with van der Waals surface area (Å²) in [4.78, 5) is 16.9. The minimum absolute atomic E-state index is 0.0951. The van der Waals surface area contributed by atoms with Crippen LogP contribution in [0.4, 0.5) is 10.2 Å². The Morgan fingerprint density at radius 3 is 2.82 bits per heavy atom. The molecule has 200 valence electrons. The molecule has 0 unspecified atom stereocenters. The zero-order valence-corrected chi connectivity index (χ0v) is 22.5. The average molecular weight is 540 g/mol. The van der Waals surface area contributed by atoms with Gasteiger partial charge in [-0.15, -0.1) is 5.92 Å². The highest BCUT2D eigenvalue weighted by molar-refractivity contribution is 7.93. The number of allylic oxidation sites excluding steroid dienone is 1. The minimum Gasteiger partial charge on any atom is -0.463 e. The summed E-state index contributed by atoms with van der Waals surface area (Å²) >= 11 is 0. The van der Waals surface area contributed by atoms with E-state index in [1.54, 1.807) is 33.0 Å². The number of nitrogens with zero attached hydrogens (tertiary/aromatic N) is 4. The highest BCUT2D eigenvalue weighted by Crippen LogP contribution is 2.47.